The average Bonchev–Trinajstić information content (AvgIpc) is 2.50. The summed E-state index contributed by atoms with van der Waals surface area (Å²) < 4.78 is 0. The van der Waals surface area contributed by atoms with Gasteiger partial charge in [-0.25, -0.2) is 0 Å². The van der Waals surface area contributed by atoms with Crippen LogP contribution < -0.4 is 0 Å². The highest BCUT2D eigenvalue weighted by molar-refractivity contribution is 4.97. The van der Waals surface area contributed by atoms with Gasteiger partial charge in [0.1, 0.15) is 0 Å². The quantitative estimate of drug-likeness (QED) is 0.529. The summed E-state index contributed by atoms with van der Waals surface area (Å²) in [4.78, 5) is 0. The molecule has 0 radical (unpaired) electrons. The van der Waals surface area contributed by atoms with Crippen LogP contribution in [-0.4, -0.2) is 0 Å². The Kier molecular flexibility index (Phi) is 4.12. The van der Waals surface area contributed by atoms with Gasteiger partial charge in [-0.15, -0.1) is 11.8 Å². The number of hydrogen-bond donors (Lipinski definition) is 0. The third kappa shape index (κ3) is 3.46. The fourth-order valence-corrected chi connectivity index (χ4v) is 1.79. The summed E-state index contributed by atoms with van der Waals surface area (Å²) in [6.45, 7) is 2.11. The van der Waals surface area contributed by atoms with E-state index < -0.39 is 0 Å². The van der Waals surface area contributed by atoms with Gasteiger partial charge in [0.15, 0.2) is 0 Å². The minimum absolute atomic E-state index is 1.01. The number of hydrogen-bond acceptors (Lipinski definition) is 0. The van der Waals surface area contributed by atoms with Gasteiger partial charge in [0.2, 0.25) is 0 Å². The van der Waals surface area contributed by atoms with E-state index in [1.807, 2.05) is 0 Å². The van der Waals surface area contributed by atoms with Crippen LogP contribution in [-0.2, 0) is 0 Å². The first kappa shape index (κ1) is 8.65. The van der Waals surface area contributed by atoms with Gasteiger partial charge in [-0.1, -0.05) is 32.6 Å². The predicted octanol–water partition coefficient (Wildman–Crippen LogP) is 3.37. The normalized spacial score (nSPS) is 17.9. The van der Waals surface area contributed by atoms with Gasteiger partial charge < -0.3 is 0 Å². The molecular formula is C11H18. The minimum atomic E-state index is 1.01. The van der Waals surface area contributed by atoms with Crippen molar-refractivity contribution in [2.75, 3.05) is 0 Å². The molecule has 1 rings (SSSR count). The first-order valence-corrected chi connectivity index (χ1v) is 4.89. The average molecular weight is 150 g/mol. The topological polar surface area (TPSA) is 0 Å². The number of rotatable bonds is 2. The summed E-state index contributed by atoms with van der Waals surface area (Å²) in [5.41, 5.74) is 0. The Hall–Kier alpha value is -0.440. The summed E-state index contributed by atoms with van der Waals surface area (Å²) in [6, 6.07) is 0. The maximum absolute atomic E-state index is 3.21. The fraction of sp³-hybridized carbons (Fsp3) is 0.818. The summed E-state index contributed by atoms with van der Waals surface area (Å²) in [5, 5.41) is 0. The van der Waals surface area contributed by atoms with E-state index in [0.717, 1.165) is 18.8 Å². The van der Waals surface area contributed by atoms with Crippen molar-refractivity contribution in [2.45, 2.75) is 51.9 Å². The van der Waals surface area contributed by atoms with Crippen molar-refractivity contribution in [1.82, 2.24) is 0 Å². The molecular weight excluding hydrogens is 132 g/mol. The molecule has 0 nitrogen and oxygen atoms in total. The van der Waals surface area contributed by atoms with E-state index in [2.05, 4.69) is 18.8 Å². The Morgan fingerprint density at radius 2 is 1.91 bits per heavy atom. The molecule has 0 aromatic rings. The molecule has 0 bridgehead atoms. The Morgan fingerprint density at radius 3 is 2.55 bits per heavy atom. The van der Waals surface area contributed by atoms with E-state index in [-0.39, 0.29) is 0 Å². The van der Waals surface area contributed by atoms with Crippen molar-refractivity contribution in [3.63, 3.8) is 0 Å². The van der Waals surface area contributed by atoms with Crippen LogP contribution in [0.25, 0.3) is 0 Å². The van der Waals surface area contributed by atoms with E-state index in [0.29, 0.717) is 0 Å². The third-order valence-electron chi connectivity index (χ3n) is 2.45. The molecule has 0 aromatic carbocycles. The molecule has 1 aliphatic rings. The van der Waals surface area contributed by atoms with Crippen LogP contribution in [0.4, 0.5) is 0 Å². The summed E-state index contributed by atoms with van der Waals surface area (Å²) in [5.74, 6) is 7.35. The van der Waals surface area contributed by atoms with Gasteiger partial charge in [0.25, 0.3) is 0 Å². The Balaban J connectivity index is 2.02. The molecule has 0 aromatic heterocycles. The van der Waals surface area contributed by atoms with Crippen molar-refractivity contribution < 1.29 is 0 Å². The van der Waals surface area contributed by atoms with Crippen molar-refractivity contribution in [3.05, 3.63) is 0 Å². The molecule has 1 fully saturated rings. The van der Waals surface area contributed by atoms with Gasteiger partial charge in [-0.3, -0.25) is 0 Å². The van der Waals surface area contributed by atoms with Gasteiger partial charge in [-0.2, -0.15) is 0 Å². The second-order valence-corrected chi connectivity index (χ2v) is 3.40. The standard InChI is InChI=1S/C11H18/c1-2-3-4-5-8-11-9-6-7-10-11/h11H,2,5-10H2,1H3. The molecule has 0 saturated heterocycles. The van der Waals surface area contributed by atoms with E-state index in [4.69, 9.17) is 0 Å². The maximum atomic E-state index is 3.21. The highest BCUT2D eigenvalue weighted by Gasteiger charge is 2.13. The second kappa shape index (κ2) is 5.24. The van der Waals surface area contributed by atoms with Crippen LogP contribution in [0.1, 0.15) is 51.9 Å². The molecule has 0 unspecified atom stereocenters. The fourth-order valence-electron chi connectivity index (χ4n) is 1.79. The highest BCUT2D eigenvalue weighted by atomic mass is 14.2. The summed E-state index contributed by atoms with van der Waals surface area (Å²) in [7, 11) is 0. The van der Waals surface area contributed by atoms with Crippen LogP contribution in [0.2, 0.25) is 0 Å². The highest BCUT2D eigenvalue weighted by Crippen LogP contribution is 2.28. The largest absolute Gasteiger partial charge is 0.104 e. The van der Waals surface area contributed by atoms with E-state index >= 15 is 0 Å². The predicted molar refractivity (Wildman–Crippen MR) is 49.3 cm³/mol. The molecule has 0 spiro atoms. The van der Waals surface area contributed by atoms with Crippen LogP contribution in [0.5, 0.6) is 0 Å². The molecule has 0 heterocycles. The first-order chi connectivity index (χ1) is 5.43. The summed E-state index contributed by atoms with van der Waals surface area (Å²) >= 11 is 0. The monoisotopic (exact) mass is 150 g/mol. The molecule has 0 heteroatoms. The van der Waals surface area contributed by atoms with E-state index in [9.17, 15) is 0 Å². The Morgan fingerprint density at radius 1 is 1.18 bits per heavy atom. The van der Waals surface area contributed by atoms with Gasteiger partial charge in [0, 0.05) is 12.8 Å². The van der Waals surface area contributed by atoms with Crippen LogP contribution in [0.3, 0.4) is 0 Å². The molecule has 1 aliphatic carbocycles. The lowest BCUT2D eigenvalue weighted by Gasteiger charge is -2.03. The lowest BCUT2D eigenvalue weighted by Crippen LogP contribution is -1.90. The van der Waals surface area contributed by atoms with Gasteiger partial charge >= 0.3 is 0 Å². The zero-order valence-corrected chi connectivity index (χ0v) is 7.53. The van der Waals surface area contributed by atoms with Gasteiger partial charge in [0.05, 0.1) is 0 Å². The van der Waals surface area contributed by atoms with Crippen molar-refractivity contribution >= 4 is 0 Å². The molecule has 62 valence electrons. The van der Waals surface area contributed by atoms with Crippen molar-refractivity contribution in [3.8, 4) is 11.8 Å². The van der Waals surface area contributed by atoms with E-state index in [1.54, 1.807) is 0 Å². The molecule has 11 heavy (non-hydrogen) atoms. The van der Waals surface area contributed by atoms with Crippen LogP contribution >= 0.6 is 0 Å². The molecule has 0 amide bonds. The van der Waals surface area contributed by atoms with E-state index in [1.165, 1.54) is 32.1 Å². The third-order valence-corrected chi connectivity index (χ3v) is 2.45. The Labute approximate surface area is 70.4 Å². The molecule has 0 N–H and O–H groups in total. The smallest absolute Gasteiger partial charge is 0.00913 e. The minimum Gasteiger partial charge on any atom is -0.104 e. The van der Waals surface area contributed by atoms with Crippen LogP contribution in [0.15, 0.2) is 0 Å². The molecule has 0 atom stereocenters. The van der Waals surface area contributed by atoms with Crippen molar-refractivity contribution in [2.24, 2.45) is 5.92 Å². The SMILES string of the molecule is CCC#CCCC1CCCC1. The van der Waals surface area contributed by atoms with Gasteiger partial charge in [-0.05, 0) is 12.3 Å². The lowest BCUT2D eigenvalue weighted by atomic mass is 10.0. The second-order valence-electron chi connectivity index (χ2n) is 3.40. The summed E-state index contributed by atoms with van der Waals surface area (Å²) in [6.07, 6.45) is 9.37. The zero-order valence-electron chi connectivity index (χ0n) is 7.53. The maximum Gasteiger partial charge on any atom is 0.00913 e. The molecule has 0 aliphatic heterocycles. The zero-order chi connectivity index (χ0) is 7.94. The Bertz CT molecular complexity index is 141. The van der Waals surface area contributed by atoms with Crippen LogP contribution in [0, 0.1) is 17.8 Å². The van der Waals surface area contributed by atoms with Crippen molar-refractivity contribution in [1.29, 1.82) is 0 Å². The molecule has 1 saturated carbocycles. The first-order valence-electron chi connectivity index (χ1n) is 4.89. The lowest BCUT2D eigenvalue weighted by molar-refractivity contribution is 0.512.